The molecule has 1 N–H and O–H groups in total. The number of carboxylic acid groups (broad SMARTS) is 1. The molecule has 1 fully saturated rings. The van der Waals surface area contributed by atoms with Crippen LogP contribution < -0.4 is 0 Å². The molecule has 98 valence electrons. The molecule has 1 aliphatic rings. The summed E-state index contributed by atoms with van der Waals surface area (Å²) in [4.78, 5) is 13.2. The fraction of sp³-hybridized carbons (Fsp3) is 0.462. The maximum Gasteiger partial charge on any atom is 0.305 e. The molecule has 0 spiro atoms. The number of benzene rings is 1. The normalized spacial score (nSPS) is 18.5. The van der Waals surface area contributed by atoms with Gasteiger partial charge in [-0.3, -0.25) is 9.69 Å². The third-order valence-electron chi connectivity index (χ3n) is 3.12. The fourth-order valence-corrected chi connectivity index (χ4v) is 2.50. The standard InChI is InChI=1S/C13H16ClNO3/c14-11-4-2-1-3-10(11)12(9-13(16)17)15-5-7-18-8-6-15/h1-4,12H,5-9H2,(H,16,17). The minimum atomic E-state index is -0.814. The predicted molar refractivity (Wildman–Crippen MR) is 68.8 cm³/mol. The molecular weight excluding hydrogens is 254 g/mol. The molecule has 0 saturated carbocycles. The van der Waals surface area contributed by atoms with Gasteiger partial charge in [0.2, 0.25) is 0 Å². The van der Waals surface area contributed by atoms with Gasteiger partial charge in [0.15, 0.2) is 0 Å². The number of nitrogens with zero attached hydrogens (tertiary/aromatic N) is 1. The number of carboxylic acids is 1. The van der Waals surface area contributed by atoms with Gasteiger partial charge >= 0.3 is 5.97 Å². The van der Waals surface area contributed by atoms with Crippen LogP contribution in [0.15, 0.2) is 24.3 Å². The van der Waals surface area contributed by atoms with E-state index in [0.717, 1.165) is 18.7 Å². The Morgan fingerprint density at radius 1 is 1.39 bits per heavy atom. The largest absolute Gasteiger partial charge is 0.481 e. The van der Waals surface area contributed by atoms with Gasteiger partial charge in [-0.1, -0.05) is 29.8 Å². The van der Waals surface area contributed by atoms with Crippen molar-refractivity contribution in [1.29, 1.82) is 0 Å². The van der Waals surface area contributed by atoms with E-state index in [0.29, 0.717) is 18.2 Å². The molecule has 0 aliphatic carbocycles. The number of carbonyl (C=O) groups is 1. The number of hydrogen-bond acceptors (Lipinski definition) is 3. The van der Waals surface area contributed by atoms with Crippen molar-refractivity contribution in [3.05, 3.63) is 34.9 Å². The highest BCUT2D eigenvalue weighted by Crippen LogP contribution is 2.30. The molecule has 1 aromatic rings. The van der Waals surface area contributed by atoms with Gasteiger partial charge in [0.1, 0.15) is 0 Å². The molecule has 1 aliphatic heterocycles. The van der Waals surface area contributed by atoms with Crippen LogP contribution in [-0.4, -0.2) is 42.3 Å². The maximum atomic E-state index is 11.0. The van der Waals surface area contributed by atoms with Crippen molar-refractivity contribution in [2.45, 2.75) is 12.5 Å². The van der Waals surface area contributed by atoms with Crippen molar-refractivity contribution in [3.63, 3.8) is 0 Å². The lowest BCUT2D eigenvalue weighted by Gasteiger charge is -2.34. The van der Waals surface area contributed by atoms with Gasteiger partial charge in [-0.2, -0.15) is 0 Å². The van der Waals surface area contributed by atoms with Crippen LogP contribution in [0, 0.1) is 0 Å². The minimum Gasteiger partial charge on any atom is -0.481 e. The van der Waals surface area contributed by atoms with Crippen molar-refractivity contribution < 1.29 is 14.6 Å². The molecule has 0 radical (unpaired) electrons. The molecule has 1 aromatic carbocycles. The summed E-state index contributed by atoms with van der Waals surface area (Å²) in [7, 11) is 0. The van der Waals surface area contributed by atoms with Crippen LogP contribution in [0.4, 0.5) is 0 Å². The summed E-state index contributed by atoms with van der Waals surface area (Å²) < 4.78 is 5.30. The van der Waals surface area contributed by atoms with Crippen LogP contribution in [0.1, 0.15) is 18.0 Å². The quantitative estimate of drug-likeness (QED) is 0.910. The highest BCUT2D eigenvalue weighted by molar-refractivity contribution is 6.31. The lowest BCUT2D eigenvalue weighted by atomic mass is 10.0. The smallest absolute Gasteiger partial charge is 0.305 e. The Hall–Kier alpha value is -1.10. The Morgan fingerprint density at radius 3 is 2.67 bits per heavy atom. The zero-order valence-corrected chi connectivity index (χ0v) is 10.8. The number of hydrogen-bond donors (Lipinski definition) is 1. The maximum absolute atomic E-state index is 11.0. The molecular formula is C13H16ClNO3. The average molecular weight is 270 g/mol. The molecule has 4 nitrogen and oxygen atoms in total. The summed E-state index contributed by atoms with van der Waals surface area (Å²) in [5.74, 6) is -0.814. The number of halogens is 1. The van der Waals surface area contributed by atoms with Gasteiger partial charge in [0.25, 0.3) is 0 Å². The molecule has 5 heteroatoms. The first-order chi connectivity index (χ1) is 8.68. The topological polar surface area (TPSA) is 49.8 Å². The van der Waals surface area contributed by atoms with E-state index >= 15 is 0 Å². The summed E-state index contributed by atoms with van der Waals surface area (Å²) in [5.41, 5.74) is 0.878. The SMILES string of the molecule is O=C(O)CC(c1ccccc1Cl)N1CCOCC1. The van der Waals surface area contributed by atoms with Gasteiger partial charge in [0, 0.05) is 24.2 Å². The summed E-state index contributed by atoms with van der Waals surface area (Å²) in [6, 6.07) is 7.25. The van der Waals surface area contributed by atoms with E-state index in [-0.39, 0.29) is 12.5 Å². The Labute approximate surface area is 111 Å². The van der Waals surface area contributed by atoms with E-state index in [1.54, 1.807) is 6.07 Å². The van der Waals surface area contributed by atoms with E-state index in [4.69, 9.17) is 21.4 Å². The van der Waals surface area contributed by atoms with Crippen LogP contribution in [-0.2, 0) is 9.53 Å². The van der Waals surface area contributed by atoms with Gasteiger partial charge in [-0.05, 0) is 11.6 Å². The monoisotopic (exact) mass is 269 g/mol. The number of ether oxygens (including phenoxy) is 1. The average Bonchev–Trinajstić information content (AvgIpc) is 2.38. The van der Waals surface area contributed by atoms with Gasteiger partial charge in [-0.15, -0.1) is 0 Å². The van der Waals surface area contributed by atoms with E-state index in [1.807, 2.05) is 18.2 Å². The second-order valence-electron chi connectivity index (χ2n) is 4.28. The number of rotatable bonds is 4. The predicted octanol–water partition coefficient (Wildman–Crippen LogP) is 2.19. The Balaban J connectivity index is 2.24. The summed E-state index contributed by atoms with van der Waals surface area (Å²) in [5, 5.41) is 9.69. The summed E-state index contributed by atoms with van der Waals surface area (Å²) in [6.45, 7) is 2.76. The zero-order valence-electron chi connectivity index (χ0n) is 10.0. The Morgan fingerprint density at radius 2 is 2.06 bits per heavy atom. The van der Waals surface area contributed by atoms with E-state index in [9.17, 15) is 4.79 Å². The summed E-state index contributed by atoms with van der Waals surface area (Å²) >= 11 is 6.17. The second kappa shape index (κ2) is 6.18. The van der Waals surface area contributed by atoms with E-state index in [2.05, 4.69) is 4.90 Å². The van der Waals surface area contributed by atoms with Crippen LogP contribution >= 0.6 is 11.6 Å². The number of morpholine rings is 1. The third-order valence-corrected chi connectivity index (χ3v) is 3.46. The summed E-state index contributed by atoms with van der Waals surface area (Å²) in [6.07, 6.45) is 0.0593. The lowest BCUT2D eigenvalue weighted by Crippen LogP contribution is -2.40. The Kier molecular flexibility index (Phi) is 4.58. The first-order valence-corrected chi connectivity index (χ1v) is 6.34. The molecule has 2 rings (SSSR count). The van der Waals surface area contributed by atoms with Crippen molar-refractivity contribution in [3.8, 4) is 0 Å². The van der Waals surface area contributed by atoms with Crippen molar-refractivity contribution in [2.24, 2.45) is 0 Å². The van der Waals surface area contributed by atoms with Crippen LogP contribution in [0.5, 0.6) is 0 Å². The van der Waals surface area contributed by atoms with Gasteiger partial charge in [0.05, 0.1) is 19.6 Å². The number of aliphatic carboxylic acids is 1. The molecule has 1 atom stereocenters. The molecule has 18 heavy (non-hydrogen) atoms. The highest BCUT2D eigenvalue weighted by atomic mass is 35.5. The second-order valence-corrected chi connectivity index (χ2v) is 4.69. The minimum absolute atomic E-state index is 0.0593. The first-order valence-electron chi connectivity index (χ1n) is 5.96. The van der Waals surface area contributed by atoms with Crippen molar-refractivity contribution in [2.75, 3.05) is 26.3 Å². The van der Waals surface area contributed by atoms with Crippen LogP contribution in [0.25, 0.3) is 0 Å². The molecule has 0 amide bonds. The van der Waals surface area contributed by atoms with E-state index < -0.39 is 5.97 Å². The van der Waals surface area contributed by atoms with Crippen LogP contribution in [0.3, 0.4) is 0 Å². The molecule has 1 saturated heterocycles. The van der Waals surface area contributed by atoms with Crippen molar-refractivity contribution >= 4 is 17.6 Å². The molecule has 0 bridgehead atoms. The van der Waals surface area contributed by atoms with E-state index in [1.165, 1.54) is 0 Å². The lowest BCUT2D eigenvalue weighted by molar-refractivity contribution is -0.139. The van der Waals surface area contributed by atoms with Gasteiger partial charge < -0.3 is 9.84 Å². The van der Waals surface area contributed by atoms with Crippen molar-refractivity contribution in [1.82, 2.24) is 4.90 Å². The first kappa shape index (κ1) is 13.3. The fourth-order valence-electron chi connectivity index (χ4n) is 2.24. The molecule has 0 aromatic heterocycles. The van der Waals surface area contributed by atoms with Crippen LogP contribution in [0.2, 0.25) is 5.02 Å². The third kappa shape index (κ3) is 3.22. The Bertz CT molecular complexity index is 418. The highest BCUT2D eigenvalue weighted by Gasteiger charge is 2.26. The zero-order chi connectivity index (χ0) is 13.0. The molecule has 1 heterocycles. The van der Waals surface area contributed by atoms with Gasteiger partial charge in [-0.25, -0.2) is 0 Å². The molecule has 1 unspecified atom stereocenters.